The number of β-amino-alcohol motifs (C(OH)–C–C–N with tert-alkyl or cyclic N) is 1. The molecule has 0 radical (unpaired) electrons. The lowest BCUT2D eigenvalue weighted by molar-refractivity contribution is 0.0565. The van der Waals surface area contributed by atoms with Crippen molar-refractivity contribution in [3.63, 3.8) is 0 Å². The van der Waals surface area contributed by atoms with Gasteiger partial charge in [0.2, 0.25) is 0 Å². The third-order valence-corrected chi connectivity index (χ3v) is 3.55. The van der Waals surface area contributed by atoms with Crippen molar-refractivity contribution in [1.29, 1.82) is 0 Å². The van der Waals surface area contributed by atoms with E-state index in [1.807, 2.05) is 0 Å². The molecule has 0 aromatic rings. The topological polar surface area (TPSA) is 44.3 Å². The fraction of sp³-hybridized carbons (Fsp3) is 1.00. The summed E-state index contributed by atoms with van der Waals surface area (Å²) in [7, 11) is 0. The van der Waals surface area contributed by atoms with Gasteiger partial charge in [-0.3, -0.25) is 0 Å². The highest BCUT2D eigenvalue weighted by atomic mass is 16.3. The molecule has 2 fully saturated rings. The first kappa shape index (κ1) is 10.4. The van der Waals surface area contributed by atoms with Gasteiger partial charge >= 0.3 is 0 Å². The van der Waals surface area contributed by atoms with Crippen LogP contribution in [0.4, 0.5) is 0 Å². The second-order valence-corrected chi connectivity index (χ2v) is 4.87. The van der Waals surface area contributed by atoms with Crippen LogP contribution in [0.15, 0.2) is 0 Å². The number of hydrogen-bond acceptors (Lipinski definition) is 3. The summed E-state index contributed by atoms with van der Waals surface area (Å²) < 4.78 is 0. The molecule has 1 saturated heterocycles. The zero-order valence-electron chi connectivity index (χ0n) is 8.89. The van der Waals surface area contributed by atoms with Gasteiger partial charge in [0, 0.05) is 19.1 Å². The Balaban J connectivity index is 1.70. The number of nitrogens with one attached hydrogen (secondary N) is 2. The Bertz CT molecular complexity index is 172. The van der Waals surface area contributed by atoms with Gasteiger partial charge in [-0.1, -0.05) is 19.3 Å². The summed E-state index contributed by atoms with van der Waals surface area (Å²) in [5.41, 5.74) is -0.475. The van der Waals surface area contributed by atoms with Gasteiger partial charge in [-0.05, 0) is 25.8 Å². The van der Waals surface area contributed by atoms with E-state index in [-0.39, 0.29) is 0 Å². The average molecular weight is 198 g/mol. The number of hydrogen-bond donors (Lipinski definition) is 3. The summed E-state index contributed by atoms with van der Waals surface area (Å²) in [5, 5.41) is 16.8. The molecule has 1 aliphatic carbocycles. The normalized spacial score (nSPS) is 34.9. The Morgan fingerprint density at radius 1 is 1.29 bits per heavy atom. The van der Waals surface area contributed by atoms with Crippen LogP contribution in [0.5, 0.6) is 0 Å². The van der Waals surface area contributed by atoms with Crippen LogP contribution in [-0.2, 0) is 0 Å². The van der Waals surface area contributed by atoms with Crippen molar-refractivity contribution in [1.82, 2.24) is 10.6 Å². The second-order valence-electron chi connectivity index (χ2n) is 4.87. The third-order valence-electron chi connectivity index (χ3n) is 3.55. The van der Waals surface area contributed by atoms with Crippen LogP contribution in [0.25, 0.3) is 0 Å². The molecule has 82 valence electrons. The molecule has 1 saturated carbocycles. The highest BCUT2D eigenvalue weighted by Crippen LogP contribution is 2.19. The molecule has 0 bridgehead atoms. The summed E-state index contributed by atoms with van der Waals surface area (Å²) in [4.78, 5) is 0. The van der Waals surface area contributed by atoms with Gasteiger partial charge in [0.25, 0.3) is 0 Å². The SMILES string of the molecule is OC1(CNC2CCCCC2)CCNC1. The minimum absolute atomic E-state index is 0.475. The molecule has 0 aromatic carbocycles. The molecule has 1 heterocycles. The smallest absolute Gasteiger partial charge is 0.0907 e. The van der Waals surface area contributed by atoms with E-state index in [4.69, 9.17) is 0 Å². The predicted molar refractivity (Wildman–Crippen MR) is 57.3 cm³/mol. The van der Waals surface area contributed by atoms with E-state index < -0.39 is 5.60 Å². The fourth-order valence-corrected chi connectivity index (χ4v) is 2.52. The highest BCUT2D eigenvalue weighted by molar-refractivity contribution is 4.90. The van der Waals surface area contributed by atoms with Gasteiger partial charge in [-0.15, -0.1) is 0 Å². The van der Waals surface area contributed by atoms with Crippen molar-refractivity contribution in [2.75, 3.05) is 19.6 Å². The monoisotopic (exact) mass is 198 g/mol. The molecule has 2 aliphatic rings. The second kappa shape index (κ2) is 4.60. The molecule has 3 N–H and O–H groups in total. The van der Waals surface area contributed by atoms with E-state index in [9.17, 15) is 5.11 Å². The molecule has 0 spiro atoms. The first-order valence-electron chi connectivity index (χ1n) is 5.95. The highest BCUT2D eigenvalue weighted by Gasteiger charge is 2.31. The lowest BCUT2D eigenvalue weighted by Crippen LogP contribution is -2.46. The maximum absolute atomic E-state index is 10.1. The van der Waals surface area contributed by atoms with E-state index in [2.05, 4.69) is 10.6 Å². The van der Waals surface area contributed by atoms with E-state index in [1.165, 1.54) is 32.1 Å². The van der Waals surface area contributed by atoms with Gasteiger partial charge in [-0.2, -0.15) is 0 Å². The van der Waals surface area contributed by atoms with Crippen LogP contribution in [0.2, 0.25) is 0 Å². The van der Waals surface area contributed by atoms with E-state index in [0.29, 0.717) is 6.04 Å². The van der Waals surface area contributed by atoms with Gasteiger partial charge in [-0.25, -0.2) is 0 Å². The Hall–Kier alpha value is -0.120. The minimum Gasteiger partial charge on any atom is -0.387 e. The van der Waals surface area contributed by atoms with E-state index >= 15 is 0 Å². The number of aliphatic hydroxyl groups is 1. The maximum Gasteiger partial charge on any atom is 0.0907 e. The van der Waals surface area contributed by atoms with Crippen LogP contribution in [-0.4, -0.2) is 36.4 Å². The van der Waals surface area contributed by atoms with Crippen molar-refractivity contribution in [3.05, 3.63) is 0 Å². The summed E-state index contributed by atoms with van der Waals surface area (Å²) >= 11 is 0. The first-order chi connectivity index (χ1) is 6.79. The minimum atomic E-state index is -0.475. The summed E-state index contributed by atoms with van der Waals surface area (Å²) in [6.07, 6.45) is 7.59. The summed E-state index contributed by atoms with van der Waals surface area (Å²) in [5.74, 6) is 0. The third kappa shape index (κ3) is 2.69. The van der Waals surface area contributed by atoms with Crippen LogP contribution in [0, 0.1) is 0 Å². The molecule has 3 heteroatoms. The molecular formula is C11H22N2O. The Morgan fingerprint density at radius 3 is 2.71 bits per heavy atom. The van der Waals surface area contributed by atoms with Gasteiger partial charge in [0.05, 0.1) is 5.60 Å². The van der Waals surface area contributed by atoms with Crippen molar-refractivity contribution in [2.24, 2.45) is 0 Å². The molecule has 0 amide bonds. The molecule has 3 nitrogen and oxygen atoms in total. The van der Waals surface area contributed by atoms with Crippen molar-refractivity contribution < 1.29 is 5.11 Å². The molecule has 14 heavy (non-hydrogen) atoms. The summed E-state index contributed by atoms with van der Waals surface area (Å²) in [6.45, 7) is 2.49. The molecule has 1 unspecified atom stereocenters. The molecule has 0 aromatic heterocycles. The van der Waals surface area contributed by atoms with Crippen LogP contribution < -0.4 is 10.6 Å². The summed E-state index contributed by atoms with van der Waals surface area (Å²) in [6, 6.07) is 0.661. The van der Waals surface area contributed by atoms with E-state index in [0.717, 1.165) is 26.1 Å². The fourth-order valence-electron chi connectivity index (χ4n) is 2.52. The Morgan fingerprint density at radius 2 is 2.07 bits per heavy atom. The quantitative estimate of drug-likeness (QED) is 0.623. The average Bonchev–Trinajstić information content (AvgIpc) is 2.65. The predicted octanol–water partition coefficient (Wildman–Crippen LogP) is 0.633. The largest absolute Gasteiger partial charge is 0.387 e. The zero-order valence-corrected chi connectivity index (χ0v) is 8.89. The first-order valence-corrected chi connectivity index (χ1v) is 5.95. The Labute approximate surface area is 86.3 Å². The van der Waals surface area contributed by atoms with Crippen LogP contribution in [0.1, 0.15) is 38.5 Å². The van der Waals surface area contributed by atoms with E-state index in [1.54, 1.807) is 0 Å². The van der Waals surface area contributed by atoms with Crippen molar-refractivity contribution >= 4 is 0 Å². The Kier molecular flexibility index (Phi) is 3.42. The zero-order chi connectivity index (χ0) is 9.86. The maximum atomic E-state index is 10.1. The van der Waals surface area contributed by atoms with Gasteiger partial charge in [0.1, 0.15) is 0 Å². The van der Waals surface area contributed by atoms with Gasteiger partial charge < -0.3 is 15.7 Å². The van der Waals surface area contributed by atoms with Crippen LogP contribution >= 0.6 is 0 Å². The van der Waals surface area contributed by atoms with Crippen LogP contribution in [0.3, 0.4) is 0 Å². The molecule has 2 rings (SSSR count). The van der Waals surface area contributed by atoms with Gasteiger partial charge in [0.15, 0.2) is 0 Å². The van der Waals surface area contributed by atoms with Crippen molar-refractivity contribution in [3.8, 4) is 0 Å². The number of rotatable bonds is 3. The molecular weight excluding hydrogens is 176 g/mol. The van der Waals surface area contributed by atoms with Crippen molar-refractivity contribution in [2.45, 2.75) is 50.2 Å². The lowest BCUT2D eigenvalue weighted by Gasteiger charge is -2.28. The lowest BCUT2D eigenvalue weighted by atomic mass is 9.94. The standard InChI is InChI=1S/C11H22N2O/c14-11(6-7-12-8-11)9-13-10-4-2-1-3-5-10/h10,12-14H,1-9H2. The molecule has 1 atom stereocenters. The molecule has 1 aliphatic heterocycles.